The summed E-state index contributed by atoms with van der Waals surface area (Å²) in [4.78, 5) is 13.2. The molecule has 118 valence electrons. The van der Waals surface area contributed by atoms with Crippen molar-refractivity contribution in [2.75, 3.05) is 0 Å². The predicted octanol–water partition coefficient (Wildman–Crippen LogP) is 3.63. The lowest BCUT2D eigenvalue weighted by molar-refractivity contribution is -0.121. The molecule has 1 amide bonds. The lowest BCUT2D eigenvalue weighted by Gasteiger charge is -2.27. The van der Waals surface area contributed by atoms with Crippen LogP contribution in [0.1, 0.15) is 32.6 Å². The van der Waals surface area contributed by atoms with Gasteiger partial charge in [0.2, 0.25) is 5.91 Å². The van der Waals surface area contributed by atoms with E-state index >= 15 is 0 Å². The third kappa shape index (κ3) is 6.07. The summed E-state index contributed by atoms with van der Waals surface area (Å²) in [5, 5.41) is 3.74. The van der Waals surface area contributed by atoms with Gasteiger partial charge in [0.15, 0.2) is 0 Å². The molecule has 2 rings (SSSR count). The van der Waals surface area contributed by atoms with E-state index < -0.39 is 0 Å². The Labute approximate surface area is 141 Å². The van der Waals surface area contributed by atoms with Gasteiger partial charge in [-0.1, -0.05) is 11.6 Å². The SMILES string of the molecule is CC(Sc1ccc(Cl)cc1)C(=O)NC1CCC(N)CC1.Cl. The maximum atomic E-state index is 12.2. The third-order valence-corrected chi connectivity index (χ3v) is 4.98. The van der Waals surface area contributed by atoms with E-state index in [1.54, 1.807) is 11.8 Å². The molecule has 1 saturated carbocycles. The van der Waals surface area contributed by atoms with Crippen molar-refractivity contribution >= 4 is 41.7 Å². The summed E-state index contributed by atoms with van der Waals surface area (Å²) < 4.78 is 0. The van der Waals surface area contributed by atoms with Crippen molar-refractivity contribution in [3.05, 3.63) is 29.3 Å². The molecule has 0 aromatic heterocycles. The molecule has 1 aliphatic carbocycles. The second-order valence-corrected chi connectivity index (χ2v) is 7.18. The van der Waals surface area contributed by atoms with Crippen LogP contribution in [0.25, 0.3) is 0 Å². The summed E-state index contributed by atoms with van der Waals surface area (Å²) in [7, 11) is 0. The average molecular weight is 349 g/mol. The van der Waals surface area contributed by atoms with Crippen molar-refractivity contribution in [3.63, 3.8) is 0 Å². The van der Waals surface area contributed by atoms with Crippen LogP contribution in [0.5, 0.6) is 0 Å². The van der Waals surface area contributed by atoms with Crippen LogP contribution in [0, 0.1) is 0 Å². The van der Waals surface area contributed by atoms with Gasteiger partial charge in [-0.05, 0) is 56.9 Å². The Morgan fingerprint density at radius 3 is 2.43 bits per heavy atom. The van der Waals surface area contributed by atoms with E-state index in [0.29, 0.717) is 11.1 Å². The number of carbonyl (C=O) groups is 1. The molecule has 1 aliphatic rings. The lowest BCUT2D eigenvalue weighted by Crippen LogP contribution is -2.43. The smallest absolute Gasteiger partial charge is 0.233 e. The number of benzene rings is 1. The van der Waals surface area contributed by atoms with E-state index in [9.17, 15) is 4.79 Å². The summed E-state index contributed by atoms with van der Waals surface area (Å²) in [6.07, 6.45) is 3.99. The molecule has 0 saturated heterocycles. The molecule has 0 heterocycles. The molecule has 21 heavy (non-hydrogen) atoms. The summed E-state index contributed by atoms with van der Waals surface area (Å²) in [5.41, 5.74) is 5.87. The molecule has 0 aliphatic heterocycles. The first-order valence-electron chi connectivity index (χ1n) is 7.03. The van der Waals surface area contributed by atoms with Crippen molar-refractivity contribution in [2.45, 2.75) is 54.8 Å². The Hall–Kier alpha value is -0.420. The minimum atomic E-state index is -0.105. The number of nitrogens with one attached hydrogen (secondary N) is 1. The highest BCUT2D eigenvalue weighted by atomic mass is 35.5. The van der Waals surface area contributed by atoms with E-state index in [1.807, 2.05) is 31.2 Å². The van der Waals surface area contributed by atoms with E-state index in [2.05, 4.69) is 5.32 Å². The van der Waals surface area contributed by atoms with Crippen LogP contribution in [0.3, 0.4) is 0 Å². The van der Waals surface area contributed by atoms with Crippen LogP contribution in [-0.2, 0) is 4.79 Å². The Balaban J connectivity index is 0.00000220. The molecule has 1 aromatic carbocycles. The van der Waals surface area contributed by atoms with Gasteiger partial charge in [-0.3, -0.25) is 4.79 Å². The molecule has 1 unspecified atom stereocenters. The zero-order chi connectivity index (χ0) is 14.5. The molecule has 1 aromatic rings. The van der Waals surface area contributed by atoms with Gasteiger partial charge in [-0.25, -0.2) is 0 Å². The first-order valence-corrected chi connectivity index (χ1v) is 8.28. The van der Waals surface area contributed by atoms with Crippen molar-refractivity contribution < 1.29 is 4.79 Å². The van der Waals surface area contributed by atoms with E-state index in [-0.39, 0.29) is 29.6 Å². The number of nitrogens with two attached hydrogens (primary N) is 1. The van der Waals surface area contributed by atoms with Gasteiger partial charge in [0, 0.05) is 22.0 Å². The summed E-state index contributed by atoms with van der Waals surface area (Å²) in [6.45, 7) is 1.93. The molecule has 0 radical (unpaired) electrons. The highest BCUT2D eigenvalue weighted by molar-refractivity contribution is 8.00. The molecule has 0 bridgehead atoms. The number of hydrogen-bond acceptors (Lipinski definition) is 3. The third-order valence-electron chi connectivity index (χ3n) is 3.61. The second kappa shape index (κ2) is 8.89. The number of rotatable bonds is 4. The standard InChI is InChI=1S/C15H21ClN2OS.ClH/c1-10(20-14-8-2-11(16)3-9-14)15(19)18-13-6-4-12(17)5-7-13;/h2-3,8-10,12-13H,4-7,17H2,1H3,(H,18,19);1H. The highest BCUT2D eigenvalue weighted by Crippen LogP contribution is 2.25. The summed E-state index contributed by atoms with van der Waals surface area (Å²) >= 11 is 7.41. The van der Waals surface area contributed by atoms with Crippen LogP contribution in [-0.4, -0.2) is 23.2 Å². The van der Waals surface area contributed by atoms with Gasteiger partial charge in [-0.2, -0.15) is 0 Å². The molecular weight excluding hydrogens is 327 g/mol. The minimum absolute atomic E-state index is 0. The fourth-order valence-corrected chi connectivity index (χ4v) is 3.36. The lowest BCUT2D eigenvalue weighted by atomic mass is 9.92. The molecule has 0 spiro atoms. The number of carbonyl (C=O) groups excluding carboxylic acids is 1. The van der Waals surface area contributed by atoms with Gasteiger partial charge >= 0.3 is 0 Å². The maximum Gasteiger partial charge on any atom is 0.233 e. The van der Waals surface area contributed by atoms with Crippen LogP contribution in [0.15, 0.2) is 29.2 Å². The maximum absolute atomic E-state index is 12.2. The van der Waals surface area contributed by atoms with Gasteiger partial charge < -0.3 is 11.1 Å². The monoisotopic (exact) mass is 348 g/mol. The minimum Gasteiger partial charge on any atom is -0.352 e. The Bertz CT molecular complexity index is 447. The van der Waals surface area contributed by atoms with Crippen LogP contribution < -0.4 is 11.1 Å². The predicted molar refractivity (Wildman–Crippen MR) is 92.4 cm³/mol. The molecule has 3 N–H and O–H groups in total. The highest BCUT2D eigenvalue weighted by Gasteiger charge is 2.22. The van der Waals surface area contributed by atoms with Crippen LogP contribution >= 0.6 is 35.8 Å². The topological polar surface area (TPSA) is 55.1 Å². The molecule has 6 heteroatoms. The number of thioether (sulfide) groups is 1. The Kier molecular flexibility index (Phi) is 7.88. The van der Waals surface area contributed by atoms with Crippen LogP contribution in [0.4, 0.5) is 0 Å². The zero-order valence-corrected chi connectivity index (χ0v) is 14.4. The van der Waals surface area contributed by atoms with Crippen molar-refractivity contribution in [1.82, 2.24) is 5.32 Å². The number of halogens is 2. The number of amides is 1. The van der Waals surface area contributed by atoms with Crippen LogP contribution in [0.2, 0.25) is 5.02 Å². The molecule has 1 fully saturated rings. The van der Waals surface area contributed by atoms with Crippen molar-refractivity contribution in [3.8, 4) is 0 Å². The van der Waals surface area contributed by atoms with Gasteiger partial charge in [0.25, 0.3) is 0 Å². The quantitative estimate of drug-likeness (QED) is 0.816. The average Bonchev–Trinajstić information content (AvgIpc) is 2.44. The van der Waals surface area contributed by atoms with E-state index in [4.69, 9.17) is 17.3 Å². The summed E-state index contributed by atoms with van der Waals surface area (Å²) in [6, 6.07) is 8.17. The fraction of sp³-hybridized carbons (Fsp3) is 0.533. The fourth-order valence-electron chi connectivity index (χ4n) is 2.35. The summed E-state index contributed by atoms with van der Waals surface area (Å²) in [5.74, 6) is 0.102. The first-order chi connectivity index (χ1) is 9.54. The zero-order valence-electron chi connectivity index (χ0n) is 12.0. The Morgan fingerprint density at radius 2 is 1.86 bits per heavy atom. The number of hydrogen-bond donors (Lipinski definition) is 2. The second-order valence-electron chi connectivity index (χ2n) is 5.33. The molecule has 3 nitrogen and oxygen atoms in total. The first kappa shape index (κ1) is 18.6. The molecule has 1 atom stereocenters. The van der Waals surface area contributed by atoms with Crippen molar-refractivity contribution in [2.24, 2.45) is 5.73 Å². The Morgan fingerprint density at radius 1 is 1.29 bits per heavy atom. The van der Waals surface area contributed by atoms with Gasteiger partial charge in [-0.15, -0.1) is 24.2 Å². The van der Waals surface area contributed by atoms with Crippen molar-refractivity contribution in [1.29, 1.82) is 0 Å². The van der Waals surface area contributed by atoms with E-state index in [0.717, 1.165) is 30.6 Å². The normalized spacial score (nSPS) is 23.0. The van der Waals surface area contributed by atoms with Gasteiger partial charge in [0.05, 0.1) is 5.25 Å². The van der Waals surface area contributed by atoms with Gasteiger partial charge in [0.1, 0.15) is 0 Å². The molecular formula is C15H22Cl2N2OS. The van der Waals surface area contributed by atoms with E-state index in [1.165, 1.54) is 0 Å². The largest absolute Gasteiger partial charge is 0.352 e.